The zero-order valence-electron chi connectivity index (χ0n) is 16.4. The third kappa shape index (κ3) is 5.36. The van der Waals surface area contributed by atoms with Crippen molar-refractivity contribution in [3.05, 3.63) is 66.2 Å². The van der Waals surface area contributed by atoms with Crippen LogP contribution in [0.5, 0.6) is 0 Å². The van der Waals surface area contributed by atoms with Crippen LogP contribution in [0.1, 0.15) is 19.4 Å². The number of aryl methyl sites for hydroxylation is 1. The molecule has 0 saturated carbocycles. The molecule has 0 saturated heterocycles. The van der Waals surface area contributed by atoms with E-state index in [0.29, 0.717) is 17.1 Å². The van der Waals surface area contributed by atoms with Crippen molar-refractivity contribution in [3.63, 3.8) is 0 Å². The van der Waals surface area contributed by atoms with Crippen LogP contribution in [0.25, 0.3) is 22.4 Å². The van der Waals surface area contributed by atoms with E-state index in [9.17, 15) is 9.18 Å². The Hall–Kier alpha value is -3.28. The topological polar surface area (TPSA) is 72.1 Å². The van der Waals surface area contributed by atoms with Gasteiger partial charge in [-0.1, -0.05) is 30.3 Å². The number of benzene rings is 2. The Morgan fingerprint density at radius 2 is 1.75 bits per heavy atom. The van der Waals surface area contributed by atoms with Crippen LogP contribution in [-0.4, -0.2) is 34.4 Å². The summed E-state index contributed by atoms with van der Waals surface area (Å²) in [7, 11) is 0. The largest absolute Gasteiger partial charge is 0.382 e. The highest BCUT2D eigenvalue weighted by molar-refractivity contribution is 5.71. The first-order valence-electron chi connectivity index (χ1n) is 9.12. The molecular formula is C22H25FN4O. The summed E-state index contributed by atoms with van der Waals surface area (Å²) in [5.74, 6) is -0.00878. The summed E-state index contributed by atoms with van der Waals surface area (Å²) in [5.41, 5.74) is 9.35. The Kier molecular flexibility index (Phi) is 7.63. The van der Waals surface area contributed by atoms with Crippen molar-refractivity contribution in [1.82, 2.24) is 14.9 Å². The predicted octanol–water partition coefficient (Wildman–Crippen LogP) is 4.32. The summed E-state index contributed by atoms with van der Waals surface area (Å²) in [6.07, 6.45) is 3.76. The summed E-state index contributed by atoms with van der Waals surface area (Å²) < 4.78 is 14.4. The lowest BCUT2D eigenvalue weighted by Gasteiger charge is -2.08. The number of hydrogen-bond donors (Lipinski definition) is 1. The number of carbonyl (C=O) groups excluding carboxylic acids is 1. The molecule has 2 N–H and O–H groups in total. The van der Waals surface area contributed by atoms with Crippen molar-refractivity contribution < 1.29 is 9.18 Å². The number of nitrogens with two attached hydrogens (primary N) is 1. The molecule has 1 amide bonds. The minimum atomic E-state index is -0.324. The summed E-state index contributed by atoms with van der Waals surface area (Å²) >= 11 is 0. The van der Waals surface area contributed by atoms with Crippen LogP contribution in [0.15, 0.2) is 54.9 Å². The van der Waals surface area contributed by atoms with E-state index in [2.05, 4.69) is 9.97 Å². The first-order valence-corrected chi connectivity index (χ1v) is 9.12. The average Bonchev–Trinajstić information content (AvgIpc) is 2.71. The molecule has 0 aliphatic carbocycles. The molecule has 3 aromatic rings. The average molecular weight is 380 g/mol. The summed E-state index contributed by atoms with van der Waals surface area (Å²) in [6.45, 7) is 7.56. The van der Waals surface area contributed by atoms with Gasteiger partial charge in [0.05, 0.1) is 18.1 Å². The van der Waals surface area contributed by atoms with Crippen LogP contribution in [0.3, 0.4) is 0 Å². The van der Waals surface area contributed by atoms with Crippen molar-refractivity contribution in [3.8, 4) is 22.4 Å². The number of amides is 1. The summed E-state index contributed by atoms with van der Waals surface area (Å²) in [5, 5.41) is 0. The minimum Gasteiger partial charge on any atom is -0.382 e. The van der Waals surface area contributed by atoms with Gasteiger partial charge in [-0.3, -0.25) is 9.78 Å². The standard InChI is InChI=1S/C17H14FN3.C5H11NO/c1-11-4-2-3-5-13(11)12-6-7-14(15(18)8-12)16-9-21-17(19)10-20-16;1-3-6(4-2)5-7/h2-10H,1H3,(H2,19,21);5H,3-4H2,1-2H3. The Morgan fingerprint density at radius 3 is 2.25 bits per heavy atom. The van der Waals surface area contributed by atoms with Gasteiger partial charge in [0.1, 0.15) is 11.6 Å². The number of anilines is 1. The van der Waals surface area contributed by atoms with E-state index in [0.717, 1.165) is 36.2 Å². The van der Waals surface area contributed by atoms with E-state index >= 15 is 0 Å². The maximum absolute atomic E-state index is 14.4. The first kappa shape index (κ1) is 21.0. The lowest BCUT2D eigenvalue weighted by Crippen LogP contribution is -2.19. The number of hydrogen-bond acceptors (Lipinski definition) is 4. The van der Waals surface area contributed by atoms with Gasteiger partial charge in [0, 0.05) is 18.7 Å². The zero-order valence-corrected chi connectivity index (χ0v) is 16.4. The van der Waals surface area contributed by atoms with Crippen LogP contribution in [0, 0.1) is 12.7 Å². The van der Waals surface area contributed by atoms with Gasteiger partial charge in [-0.05, 0) is 49.6 Å². The normalized spacial score (nSPS) is 10.0. The molecule has 0 atom stereocenters. The van der Waals surface area contributed by atoms with Gasteiger partial charge in [0.25, 0.3) is 0 Å². The van der Waals surface area contributed by atoms with Crippen LogP contribution < -0.4 is 5.73 Å². The molecule has 0 radical (unpaired) electrons. The minimum absolute atomic E-state index is 0.315. The third-order valence-electron chi connectivity index (χ3n) is 4.33. The van der Waals surface area contributed by atoms with Crippen LogP contribution in [0.4, 0.5) is 10.2 Å². The number of nitrogen functional groups attached to an aromatic ring is 1. The van der Waals surface area contributed by atoms with Gasteiger partial charge in [0.2, 0.25) is 6.41 Å². The third-order valence-corrected chi connectivity index (χ3v) is 4.33. The SMILES string of the molecule is CCN(C=O)CC.Cc1ccccc1-c1ccc(-c2cnc(N)cn2)c(F)c1. The summed E-state index contributed by atoms with van der Waals surface area (Å²) in [6, 6.07) is 13.0. The van der Waals surface area contributed by atoms with E-state index in [1.807, 2.05) is 51.1 Å². The van der Waals surface area contributed by atoms with E-state index in [-0.39, 0.29) is 5.82 Å². The number of aromatic nitrogens is 2. The molecule has 146 valence electrons. The molecule has 3 rings (SSSR count). The fraction of sp³-hybridized carbons (Fsp3) is 0.227. The molecule has 1 aromatic heterocycles. The van der Waals surface area contributed by atoms with Crippen molar-refractivity contribution in [2.24, 2.45) is 0 Å². The zero-order chi connectivity index (χ0) is 20.5. The molecular weight excluding hydrogens is 355 g/mol. The molecule has 0 aliphatic rings. The number of rotatable bonds is 5. The van der Waals surface area contributed by atoms with Gasteiger partial charge in [-0.15, -0.1) is 0 Å². The number of halogens is 1. The smallest absolute Gasteiger partial charge is 0.209 e. The Morgan fingerprint density at radius 1 is 1.04 bits per heavy atom. The van der Waals surface area contributed by atoms with Crippen molar-refractivity contribution >= 4 is 12.2 Å². The highest BCUT2D eigenvalue weighted by Crippen LogP contribution is 2.28. The van der Waals surface area contributed by atoms with Crippen LogP contribution in [0.2, 0.25) is 0 Å². The quantitative estimate of drug-likeness (QED) is 0.669. The van der Waals surface area contributed by atoms with E-state index < -0.39 is 0 Å². The summed E-state index contributed by atoms with van der Waals surface area (Å²) in [4.78, 5) is 19.6. The first-order chi connectivity index (χ1) is 13.5. The molecule has 0 fully saturated rings. The maximum atomic E-state index is 14.4. The molecule has 0 aliphatic heterocycles. The molecule has 0 bridgehead atoms. The Labute approximate surface area is 165 Å². The highest BCUT2D eigenvalue weighted by Gasteiger charge is 2.09. The van der Waals surface area contributed by atoms with Gasteiger partial charge >= 0.3 is 0 Å². The molecule has 0 spiro atoms. The maximum Gasteiger partial charge on any atom is 0.209 e. The fourth-order valence-electron chi connectivity index (χ4n) is 2.64. The van der Waals surface area contributed by atoms with E-state index in [1.54, 1.807) is 11.0 Å². The molecule has 28 heavy (non-hydrogen) atoms. The predicted molar refractivity (Wildman–Crippen MR) is 111 cm³/mol. The van der Waals surface area contributed by atoms with Crippen LogP contribution >= 0.6 is 0 Å². The second kappa shape index (κ2) is 10.2. The van der Waals surface area contributed by atoms with Crippen LogP contribution in [-0.2, 0) is 4.79 Å². The van der Waals surface area contributed by atoms with Crippen molar-refractivity contribution in [1.29, 1.82) is 0 Å². The van der Waals surface area contributed by atoms with Gasteiger partial charge in [-0.25, -0.2) is 9.37 Å². The number of carbonyl (C=O) groups is 1. The van der Waals surface area contributed by atoms with E-state index in [4.69, 9.17) is 5.73 Å². The van der Waals surface area contributed by atoms with Gasteiger partial charge in [-0.2, -0.15) is 0 Å². The molecule has 5 nitrogen and oxygen atoms in total. The molecule has 2 aromatic carbocycles. The highest BCUT2D eigenvalue weighted by atomic mass is 19.1. The van der Waals surface area contributed by atoms with E-state index in [1.165, 1.54) is 18.5 Å². The van der Waals surface area contributed by atoms with Gasteiger partial charge in [0.15, 0.2) is 0 Å². The lowest BCUT2D eigenvalue weighted by atomic mass is 9.98. The fourth-order valence-corrected chi connectivity index (χ4v) is 2.64. The second-order valence-electron chi connectivity index (χ2n) is 6.16. The molecule has 6 heteroatoms. The van der Waals surface area contributed by atoms with Crippen molar-refractivity contribution in [2.75, 3.05) is 18.8 Å². The Balaban J connectivity index is 0.000000345. The lowest BCUT2D eigenvalue weighted by molar-refractivity contribution is -0.117. The van der Waals surface area contributed by atoms with Crippen molar-refractivity contribution in [2.45, 2.75) is 20.8 Å². The molecule has 1 heterocycles. The number of nitrogens with zero attached hydrogens (tertiary/aromatic N) is 3. The second-order valence-corrected chi connectivity index (χ2v) is 6.16. The molecule has 0 unspecified atom stereocenters. The van der Waals surface area contributed by atoms with Gasteiger partial charge < -0.3 is 10.6 Å². The monoisotopic (exact) mass is 380 g/mol. The Bertz CT molecular complexity index is 909.